The van der Waals surface area contributed by atoms with Crippen molar-refractivity contribution in [1.29, 1.82) is 0 Å². The molecule has 0 heterocycles. The second kappa shape index (κ2) is 7.20. The van der Waals surface area contributed by atoms with E-state index in [1.54, 1.807) is 48.5 Å². The topological polar surface area (TPSA) is 63.6 Å². The van der Waals surface area contributed by atoms with Gasteiger partial charge in [-0.25, -0.2) is 4.79 Å². The van der Waals surface area contributed by atoms with Crippen molar-refractivity contribution in [3.05, 3.63) is 70.2 Å². The third-order valence-corrected chi connectivity index (χ3v) is 3.41. The molecule has 0 saturated carbocycles. The van der Waals surface area contributed by atoms with Gasteiger partial charge in [-0.1, -0.05) is 23.7 Å². The fraction of sp³-hybridized carbons (Fsp3) is 0.176. The molecule has 4 nitrogen and oxygen atoms in total. The van der Waals surface area contributed by atoms with Crippen LogP contribution in [0, 0.1) is 0 Å². The SMILES string of the molecule is C[C@@H](OC(=O)c1ccc(CO)cc1)C(=O)c1ccc(Cl)cc1. The highest BCUT2D eigenvalue weighted by atomic mass is 35.5. The Balaban J connectivity index is 2.03. The molecule has 22 heavy (non-hydrogen) atoms. The molecular formula is C17H15ClO4. The highest BCUT2D eigenvalue weighted by Gasteiger charge is 2.20. The highest BCUT2D eigenvalue weighted by Crippen LogP contribution is 2.14. The van der Waals surface area contributed by atoms with E-state index in [9.17, 15) is 9.59 Å². The zero-order chi connectivity index (χ0) is 16.1. The van der Waals surface area contributed by atoms with Crippen LogP contribution in [0.1, 0.15) is 33.2 Å². The summed E-state index contributed by atoms with van der Waals surface area (Å²) >= 11 is 5.77. The second-order valence-electron chi connectivity index (χ2n) is 4.77. The van der Waals surface area contributed by atoms with Crippen molar-refractivity contribution in [2.24, 2.45) is 0 Å². The molecule has 0 aromatic heterocycles. The monoisotopic (exact) mass is 318 g/mol. The van der Waals surface area contributed by atoms with E-state index in [4.69, 9.17) is 21.4 Å². The Morgan fingerprint density at radius 2 is 1.59 bits per heavy atom. The Kier molecular flexibility index (Phi) is 5.31. The number of aliphatic hydroxyl groups is 1. The molecule has 0 aliphatic carbocycles. The summed E-state index contributed by atoms with van der Waals surface area (Å²) in [5, 5.41) is 9.49. The maximum atomic E-state index is 12.2. The number of Topliss-reactive ketones (excluding diaryl/α,β-unsaturated/α-hetero) is 1. The lowest BCUT2D eigenvalue weighted by Gasteiger charge is -2.12. The van der Waals surface area contributed by atoms with Crippen molar-refractivity contribution in [3.63, 3.8) is 0 Å². The average Bonchev–Trinajstić information content (AvgIpc) is 2.54. The van der Waals surface area contributed by atoms with Gasteiger partial charge in [0.25, 0.3) is 0 Å². The summed E-state index contributed by atoms with van der Waals surface area (Å²) in [5.74, 6) is -0.878. The summed E-state index contributed by atoms with van der Waals surface area (Å²) in [7, 11) is 0. The molecule has 0 fully saturated rings. The molecule has 0 radical (unpaired) electrons. The van der Waals surface area contributed by atoms with Gasteiger partial charge in [0.05, 0.1) is 12.2 Å². The van der Waals surface area contributed by atoms with E-state index in [2.05, 4.69) is 0 Å². The number of aliphatic hydroxyl groups excluding tert-OH is 1. The van der Waals surface area contributed by atoms with Crippen LogP contribution in [0.2, 0.25) is 5.02 Å². The summed E-state index contributed by atoms with van der Waals surface area (Å²) in [6, 6.07) is 12.7. The molecule has 0 bridgehead atoms. The van der Waals surface area contributed by atoms with Crippen molar-refractivity contribution < 1.29 is 19.4 Å². The average molecular weight is 319 g/mol. The van der Waals surface area contributed by atoms with Gasteiger partial charge in [0.1, 0.15) is 0 Å². The minimum absolute atomic E-state index is 0.0964. The van der Waals surface area contributed by atoms with Crippen LogP contribution in [0.3, 0.4) is 0 Å². The van der Waals surface area contributed by atoms with E-state index in [0.717, 1.165) is 0 Å². The first kappa shape index (κ1) is 16.2. The molecular weight excluding hydrogens is 304 g/mol. The number of hydrogen-bond acceptors (Lipinski definition) is 4. The van der Waals surface area contributed by atoms with E-state index in [1.165, 1.54) is 6.92 Å². The van der Waals surface area contributed by atoms with Gasteiger partial charge in [-0.15, -0.1) is 0 Å². The molecule has 0 aliphatic rings. The Hall–Kier alpha value is -2.17. The molecule has 0 amide bonds. The Morgan fingerprint density at radius 3 is 2.14 bits per heavy atom. The molecule has 0 unspecified atom stereocenters. The van der Waals surface area contributed by atoms with Crippen molar-refractivity contribution in [1.82, 2.24) is 0 Å². The van der Waals surface area contributed by atoms with E-state index in [1.807, 2.05) is 0 Å². The van der Waals surface area contributed by atoms with Crippen LogP contribution in [0.4, 0.5) is 0 Å². The molecule has 0 aliphatic heterocycles. The number of carbonyl (C=O) groups excluding carboxylic acids is 2. The van der Waals surface area contributed by atoms with Crippen LogP contribution in [0.25, 0.3) is 0 Å². The maximum Gasteiger partial charge on any atom is 0.338 e. The van der Waals surface area contributed by atoms with Gasteiger partial charge in [0.2, 0.25) is 5.78 Å². The molecule has 0 spiro atoms. The standard InChI is InChI=1S/C17H15ClO4/c1-11(16(20)13-6-8-15(18)9-7-13)22-17(21)14-4-2-12(10-19)3-5-14/h2-9,11,19H,10H2,1H3/t11-/m1/s1. The Morgan fingerprint density at radius 1 is 1.05 bits per heavy atom. The number of halogens is 1. The van der Waals surface area contributed by atoms with Gasteiger partial charge in [-0.2, -0.15) is 0 Å². The first-order valence-electron chi connectivity index (χ1n) is 6.72. The first-order valence-corrected chi connectivity index (χ1v) is 7.09. The normalized spacial score (nSPS) is 11.8. The van der Waals surface area contributed by atoms with Gasteiger partial charge in [0, 0.05) is 10.6 Å². The first-order chi connectivity index (χ1) is 10.5. The van der Waals surface area contributed by atoms with E-state index >= 15 is 0 Å². The van der Waals surface area contributed by atoms with E-state index in [0.29, 0.717) is 21.7 Å². The molecule has 2 aromatic carbocycles. The van der Waals surface area contributed by atoms with Gasteiger partial charge in [-0.05, 0) is 48.9 Å². The molecule has 1 atom stereocenters. The largest absolute Gasteiger partial charge is 0.451 e. The summed E-state index contributed by atoms with van der Waals surface area (Å²) in [5.41, 5.74) is 1.45. The summed E-state index contributed by atoms with van der Waals surface area (Å²) < 4.78 is 5.17. The number of rotatable bonds is 5. The van der Waals surface area contributed by atoms with Crippen LogP contribution in [0.5, 0.6) is 0 Å². The fourth-order valence-electron chi connectivity index (χ4n) is 1.88. The predicted octanol–water partition coefficient (Wildman–Crippen LogP) is 3.26. The lowest BCUT2D eigenvalue weighted by Crippen LogP contribution is -2.24. The number of benzene rings is 2. The fourth-order valence-corrected chi connectivity index (χ4v) is 2.00. The zero-order valence-electron chi connectivity index (χ0n) is 12.0. The summed E-state index contributed by atoms with van der Waals surface area (Å²) in [4.78, 5) is 24.2. The van der Waals surface area contributed by atoms with Gasteiger partial charge in [0.15, 0.2) is 6.10 Å². The smallest absolute Gasteiger partial charge is 0.338 e. The zero-order valence-corrected chi connectivity index (χ0v) is 12.7. The van der Waals surface area contributed by atoms with Crippen molar-refractivity contribution in [3.8, 4) is 0 Å². The molecule has 2 aromatic rings. The van der Waals surface area contributed by atoms with Crippen molar-refractivity contribution in [2.45, 2.75) is 19.6 Å². The van der Waals surface area contributed by atoms with Gasteiger partial charge >= 0.3 is 5.97 Å². The molecule has 114 valence electrons. The van der Waals surface area contributed by atoms with Crippen LogP contribution in [0.15, 0.2) is 48.5 Å². The lowest BCUT2D eigenvalue weighted by atomic mass is 10.1. The van der Waals surface area contributed by atoms with E-state index < -0.39 is 12.1 Å². The number of ketones is 1. The number of carbonyl (C=O) groups is 2. The quantitative estimate of drug-likeness (QED) is 0.679. The molecule has 5 heteroatoms. The van der Waals surface area contributed by atoms with Gasteiger partial charge in [-0.3, -0.25) is 4.79 Å². The third-order valence-electron chi connectivity index (χ3n) is 3.15. The molecule has 0 saturated heterocycles. The Labute approximate surface area is 133 Å². The van der Waals surface area contributed by atoms with Gasteiger partial charge < -0.3 is 9.84 Å². The highest BCUT2D eigenvalue weighted by molar-refractivity contribution is 6.30. The van der Waals surface area contributed by atoms with Crippen LogP contribution >= 0.6 is 11.6 Å². The number of esters is 1. The lowest BCUT2D eigenvalue weighted by molar-refractivity contribution is 0.0319. The minimum Gasteiger partial charge on any atom is -0.451 e. The minimum atomic E-state index is -0.897. The second-order valence-corrected chi connectivity index (χ2v) is 5.21. The van der Waals surface area contributed by atoms with Crippen molar-refractivity contribution in [2.75, 3.05) is 0 Å². The molecule has 1 N–H and O–H groups in total. The van der Waals surface area contributed by atoms with Crippen LogP contribution in [-0.2, 0) is 11.3 Å². The summed E-state index contributed by atoms with van der Waals surface area (Å²) in [6.07, 6.45) is -0.897. The van der Waals surface area contributed by atoms with Crippen molar-refractivity contribution >= 4 is 23.4 Å². The number of hydrogen-bond donors (Lipinski definition) is 1. The van der Waals surface area contributed by atoms with E-state index in [-0.39, 0.29) is 12.4 Å². The Bertz CT molecular complexity index is 662. The third kappa shape index (κ3) is 3.93. The predicted molar refractivity (Wildman–Crippen MR) is 83.0 cm³/mol. The maximum absolute atomic E-state index is 12.2. The molecule has 2 rings (SSSR count). The number of ether oxygens (including phenoxy) is 1. The van der Waals surface area contributed by atoms with Crippen LogP contribution in [-0.4, -0.2) is 23.0 Å². The summed E-state index contributed by atoms with van der Waals surface area (Å²) in [6.45, 7) is 1.43. The van der Waals surface area contributed by atoms with Crippen LogP contribution < -0.4 is 0 Å².